The topological polar surface area (TPSA) is 27.6 Å². The van der Waals surface area contributed by atoms with Gasteiger partial charge in [0.1, 0.15) is 11.9 Å². The summed E-state index contributed by atoms with van der Waals surface area (Å²) in [6.07, 6.45) is 0. The summed E-state index contributed by atoms with van der Waals surface area (Å²) in [5.41, 5.74) is 10.5. The summed E-state index contributed by atoms with van der Waals surface area (Å²) in [6.45, 7) is 0. The maximum atomic E-state index is 5.31. The molecule has 5 aromatic carbocycles. The number of nitrogens with zero attached hydrogens (tertiary/aromatic N) is 2. The molecule has 2 aliphatic rings. The molecule has 0 saturated carbocycles. The van der Waals surface area contributed by atoms with E-state index in [1.54, 1.807) is 0 Å². The number of para-hydroxylation sites is 2. The van der Waals surface area contributed by atoms with Crippen LogP contribution in [0.5, 0.6) is 0 Å². The van der Waals surface area contributed by atoms with Crippen LogP contribution in [0.25, 0.3) is 11.1 Å². The van der Waals surface area contributed by atoms with Crippen molar-refractivity contribution in [1.29, 1.82) is 0 Å². The minimum atomic E-state index is -0.0611. The summed E-state index contributed by atoms with van der Waals surface area (Å²) >= 11 is 0. The van der Waals surface area contributed by atoms with E-state index < -0.39 is 0 Å². The largest absolute Gasteiger partial charge is 0.340 e. The molecule has 0 fully saturated rings. The fourth-order valence-electron chi connectivity index (χ4n) is 5.25. The third-order valence-corrected chi connectivity index (χ3v) is 6.84. The van der Waals surface area contributed by atoms with E-state index in [1.165, 1.54) is 33.6 Å². The van der Waals surface area contributed by atoms with Gasteiger partial charge < -0.3 is 10.2 Å². The van der Waals surface area contributed by atoms with Gasteiger partial charge in [0.05, 0.1) is 11.4 Å². The van der Waals surface area contributed by atoms with Crippen molar-refractivity contribution >= 4 is 28.6 Å². The Kier molecular flexibility index (Phi) is 4.52. The van der Waals surface area contributed by atoms with E-state index in [9.17, 15) is 0 Å². The molecule has 166 valence electrons. The molecule has 0 amide bonds. The first kappa shape index (κ1) is 19.8. The van der Waals surface area contributed by atoms with E-state index in [-0.39, 0.29) is 6.04 Å². The van der Waals surface area contributed by atoms with Crippen molar-refractivity contribution in [1.82, 2.24) is 0 Å². The van der Waals surface area contributed by atoms with Gasteiger partial charge in [-0.2, -0.15) is 0 Å². The first-order valence-electron chi connectivity index (χ1n) is 11.9. The molecule has 3 nitrogen and oxygen atoms in total. The molecule has 3 heteroatoms. The molecular weight excluding hydrogens is 426 g/mol. The van der Waals surface area contributed by atoms with Crippen LogP contribution in [0.3, 0.4) is 0 Å². The number of nitrogens with one attached hydrogen (secondary N) is 1. The lowest BCUT2D eigenvalue weighted by Crippen LogP contribution is -2.28. The lowest BCUT2D eigenvalue weighted by molar-refractivity contribution is 0.841. The van der Waals surface area contributed by atoms with Crippen molar-refractivity contribution < 1.29 is 0 Å². The molecule has 2 aliphatic heterocycles. The van der Waals surface area contributed by atoms with Crippen LogP contribution in [0.4, 0.5) is 22.7 Å². The highest BCUT2D eigenvalue weighted by Gasteiger charge is 2.35. The SMILES string of the molecule is c1ccc(-c2cccc(C3=NC4c5ccccc5N(c5ccccc5)c5cccc(c54)N3)c2)cc1. The Morgan fingerprint density at radius 3 is 2.09 bits per heavy atom. The maximum Gasteiger partial charge on any atom is 0.133 e. The summed E-state index contributed by atoms with van der Waals surface area (Å²) in [5, 5.41) is 3.66. The number of benzene rings is 5. The van der Waals surface area contributed by atoms with Crippen molar-refractivity contribution in [2.75, 3.05) is 10.2 Å². The average molecular weight is 450 g/mol. The number of hydrogen-bond donors (Lipinski definition) is 1. The molecule has 0 aliphatic carbocycles. The summed E-state index contributed by atoms with van der Waals surface area (Å²) in [7, 11) is 0. The van der Waals surface area contributed by atoms with E-state index in [2.05, 4.69) is 132 Å². The van der Waals surface area contributed by atoms with Gasteiger partial charge in [-0.15, -0.1) is 0 Å². The lowest BCUT2D eigenvalue weighted by Gasteiger charge is -2.39. The van der Waals surface area contributed by atoms with Crippen molar-refractivity contribution in [2.24, 2.45) is 4.99 Å². The average Bonchev–Trinajstić information content (AvgIpc) is 2.94. The second-order valence-electron chi connectivity index (χ2n) is 8.92. The van der Waals surface area contributed by atoms with Gasteiger partial charge in [-0.1, -0.05) is 91.0 Å². The van der Waals surface area contributed by atoms with E-state index in [0.29, 0.717) is 0 Å². The Morgan fingerprint density at radius 1 is 0.571 bits per heavy atom. The Hall–Kier alpha value is -4.63. The molecule has 0 saturated heterocycles. The lowest BCUT2D eigenvalue weighted by atomic mass is 9.88. The molecule has 2 heterocycles. The second kappa shape index (κ2) is 8.00. The van der Waals surface area contributed by atoms with Crippen molar-refractivity contribution in [2.45, 2.75) is 6.04 Å². The van der Waals surface area contributed by atoms with Gasteiger partial charge in [0.2, 0.25) is 0 Å². The molecule has 0 aromatic heterocycles. The predicted octanol–water partition coefficient (Wildman–Crippen LogP) is 8.10. The zero-order valence-electron chi connectivity index (χ0n) is 19.1. The molecule has 1 unspecified atom stereocenters. The fourth-order valence-corrected chi connectivity index (χ4v) is 5.25. The molecule has 1 N–H and O–H groups in total. The van der Waals surface area contributed by atoms with Crippen LogP contribution in [0, 0.1) is 0 Å². The Labute approximate surface area is 205 Å². The van der Waals surface area contributed by atoms with Gasteiger partial charge in [-0.05, 0) is 47.5 Å². The number of fused-ring (bicyclic) bond motifs is 2. The number of aliphatic imine (C=N–C) groups is 1. The zero-order chi connectivity index (χ0) is 23.2. The first-order valence-corrected chi connectivity index (χ1v) is 11.9. The minimum absolute atomic E-state index is 0.0611. The quantitative estimate of drug-likeness (QED) is 0.301. The number of rotatable bonds is 3. The summed E-state index contributed by atoms with van der Waals surface area (Å²) < 4.78 is 0. The highest BCUT2D eigenvalue weighted by Crippen LogP contribution is 2.53. The van der Waals surface area contributed by atoms with E-state index in [0.717, 1.165) is 22.8 Å². The zero-order valence-corrected chi connectivity index (χ0v) is 19.1. The van der Waals surface area contributed by atoms with Crippen LogP contribution in [0.15, 0.2) is 132 Å². The molecule has 35 heavy (non-hydrogen) atoms. The monoisotopic (exact) mass is 449 g/mol. The molecular formula is C32H23N3. The molecule has 0 bridgehead atoms. The summed E-state index contributed by atoms with van der Waals surface area (Å²) in [4.78, 5) is 7.66. The number of hydrogen-bond acceptors (Lipinski definition) is 3. The van der Waals surface area contributed by atoms with E-state index >= 15 is 0 Å². The van der Waals surface area contributed by atoms with Gasteiger partial charge in [0, 0.05) is 28.1 Å². The third kappa shape index (κ3) is 3.24. The Bertz CT molecular complexity index is 1570. The minimum Gasteiger partial charge on any atom is -0.340 e. The summed E-state index contributed by atoms with van der Waals surface area (Å²) in [5.74, 6) is 0.903. The van der Waals surface area contributed by atoms with Crippen molar-refractivity contribution in [3.63, 3.8) is 0 Å². The number of anilines is 4. The Balaban J connectivity index is 1.39. The standard InChI is InChI=1S/C32H23N3/c1-3-11-22(12-4-1)23-13-9-14-24(21-23)32-33-27-18-10-20-29-30(27)31(34-32)26-17-7-8-19-28(26)35(29)25-15-5-2-6-16-25/h1-21,31H,(H,33,34). The molecule has 5 aromatic rings. The van der Waals surface area contributed by atoms with Gasteiger partial charge in [-0.3, -0.25) is 4.99 Å². The van der Waals surface area contributed by atoms with E-state index in [4.69, 9.17) is 4.99 Å². The highest BCUT2D eigenvalue weighted by molar-refractivity contribution is 6.11. The molecule has 7 rings (SSSR count). The molecule has 0 radical (unpaired) electrons. The van der Waals surface area contributed by atoms with Crippen molar-refractivity contribution in [3.05, 3.63) is 144 Å². The van der Waals surface area contributed by atoms with E-state index in [1.807, 2.05) is 6.07 Å². The smallest absolute Gasteiger partial charge is 0.133 e. The predicted molar refractivity (Wildman–Crippen MR) is 145 cm³/mol. The van der Waals surface area contributed by atoms with Crippen LogP contribution >= 0.6 is 0 Å². The normalized spacial score (nSPS) is 15.5. The van der Waals surface area contributed by atoms with Gasteiger partial charge in [-0.25, -0.2) is 0 Å². The van der Waals surface area contributed by atoms with Crippen molar-refractivity contribution in [3.8, 4) is 11.1 Å². The molecule has 1 atom stereocenters. The Morgan fingerprint density at radius 2 is 1.23 bits per heavy atom. The van der Waals surface area contributed by atoms with Crippen LogP contribution in [-0.4, -0.2) is 5.84 Å². The van der Waals surface area contributed by atoms with Crippen LogP contribution in [-0.2, 0) is 0 Å². The molecule has 0 spiro atoms. The van der Waals surface area contributed by atoms with Crippen LogP contribution in [0.1, 0.15) is 22.7 Å². The summed E-state index contributed by atoms with van der Waals surface area (Å²) in [6, 6.07) is 44.8. The van der Waals surface area contributed by atoms with Gasteiger partial charge in [0.25, 0.3) is 0 Å². The fraction of sp³-hybridized carbons (Fsp3) is 0.0312. The third-order valence-electron chi connectivity index (χ3n) is 6.84. The number of amidine groups is 1. The maximum absolute atomic E-state index is 5.31. The van der Waals surface area contributed by atoms with Crippen LogP contribution in [0.2, 0.25) is 0 Å². The second-order valence-corrected chi connectivity index (χ2v) is 8.92. The van der Waals surface area contributed by atoms with Gasteiger partial charge >= 0.3 is 0 Å². The first-order chi connectivity index (χ1) is 17.4. The van der Waals surface area contributed by atoms with Gasteiger partial charge in [0.15, 0.2) is 0 Å². The van der Waals surface area contributed by atoms with Crippen LogP contribution < -0.4 is 10.2 Å². The highest BCUT2D eigenvalue weighted by atomic mass is 15.2.